The Labute approximate surface area is 139 Å². The molecule has 0 saturated carbocycles. The molecular formula is C15H21ClN2O3S. The van der Waals surface area contributed by atoms with Crippen LogP contribution in [0, 0.1) is 0 Å². The van der Waals surface area contributed by atoms with E-state index in [0.717, 1.165) is 5.00 Å². The molecule has 1 aliphatic heterocycles. The van der Waals surface area contributed by atoms with E-state index in [0.29, 0.717) is 36.1 Å². The quantitative estimate of drug-likeness (QED) is 0.768. The number of piperazine rings is 1. The molecule has 0 atom stereocenters. The molecule has 0 bridgehead atoms. The molecule has 0 aliphatic carbocycles. The zero-order chi connectivity index (χ0) is 16.5. The van der Waals surface area contributed by atoms with Crippen LogP contribution in [0.3, 0.4) is 0 Å². The van der Waals surface area contributed by atoms with Gasteiger partial charge >= 0.3 is 6.09 Å². The standard InChI is InChI=1S/C15H21ClN2O3S/c1-10(19)11-9-12(16)22-13(11)17-5-7-18(8-6-17)14(20)21-15(2,3)4/h9H,5-8H2,1-4H3. The van der Waals surface area contributed by atoms with Gasteiger partial charge in [-0.3, -0.25) is 4.79 Å². The van der Waals surface area contributed by atoms with Crippen molar-refractivity contribution in [3.63, 3.8) is 0 Å². The molecule has 0 radical (unpaired) electrons. The summed E-state index contributed by atoms with van der Waals surface area (Å²) in [5.41, 5.74) is 0.165. The van der Waals surface area contributed by atoms with Gasteiger partial charge in [-0.15, -0.1) is 11.3 Å². The first-order chi connectivity index (χ1) is 10.2. The number of halogens is 1. The Morgan fingerprint density at radius 2 is 1.82 bits per heavy atom. The number of carbonyl (C=O) groups excluding carboxylic acids is 2. The van der Waals surface area contributed by atoms with Gasteiger partial charge in [-0.05, 0) is 33.8 Å². The van der Waals surface area contributed by atoms with Crippen LogP contribution >= 0.6 is 22.9 Å². The Bertz CT molecular complexity index is 572. The van der Waals surface area contributed by atoms with Crippen molar-refractivity contribution in [2.45, 2.75) is 33.3 Å². The first kappa shape index (κ1) is 17.1. The number of Topliss-reactive ketones (excluding diaryl/α,β-unsaturated/α-hetero) is 1. The summed E-state index contributed by atoms with van der Waals surface area (Å²) >= 11 is 7.44. The highest BCUT2D eigenvalue weighted by atomic mass is 35.5. The minimum atomic E-state index is -0.489. The molecule has 0 N–H and O–H groups in total. The van der Waals surface area contributed by atoms with Crippen LogP contribution in [-0.2, 0) is 4.74 Å². The molecule has 0 unspecified atom stereocenters. The molecule has 2 heterocycles. The molecule has 1 aromatic heterocycles. The highest BCUT2D eigenvalue weighted by Crippen LogP contribution is 2.35. The average molecular weight is 345 g/mol. The number of anilines is 1. The summed E-state index contributed by atoms with van der Waals surface area (Å²) in [5.74, 6) is 0.00715. The van der Waals surface area contributed by atoms with Gasteiger partial charge in [0.25, 0.3) is 0 Å². The Hall–Kier alpha value is -1.27. The topological polar surface area (TPSA) is 49.9 Å². The second kappa shape index (κ2) is 6.46. The maximum Gasteiger partial charge on any atom is 0.410 e. The van der Waals surface area contributed by atoms with Crippen molar-refractivity contribution in [3.05, 3.63) is 16.0 Å². The van der Waals surface area contributed by atoms with Gasteiger partial charge in [0, 0.05) is 26.2 Å². The van der Waals surface area contributed by atoms with Crippen LogP contribution in [0.25, 0.3) is 0 Å². The summed E-state index contributed by atoms with van der Waals surface area (Å²) in [6, 6.07) is 1.71. The second-order valence-corrected chi connectivity index (χ2v) is 7.94. The van der Waals surface area contributed by atoms with E-state index < -0.39 is 5.60 Å². The van der Waals surface area contributed by atoms with Crippen LogP contribution in [0.4, 0.5) is 9.80 Å². The number of amides is 1. The third-order valence-electron chi connectivity index (χ3n) is 3.28. The summed E-state index contributed by atoms with van der Waals surface area (Å²) in [6.07, 6.45) is -0.289. The average Bonchev–Trinajstić information content (AvgIpc) is 2.79. The normalized spacial score (nSPS) is 15.9. The molecule has 22 heavy (non-hydrogen) atoms. The second-order valence-electron chi connectivity index (χ2n) is 6.28. The number of thiophene rings is 1. The zero-order valence-electron chi connectivity index (χ0n) is 13.3. The first-order valence-electron chi connectivity index (χ1n) is 7.20. The molecule has 0 spiro atoms. The summed E-state index contributed by atoms with van der Waals surface area (Å²) in [7, 11) is 0. The van der Waals surface area contributed by atoms with Crippen molar-refractivity contribution in [1.29, 1.82) is 0 Å². The van der Waals surface area contributed by atoms with Gasteiger partial charge in [0.1, 0.15) is 10.6 Å². The largest absolute Gasteiger partial charge is 0.444 e. The van der Waals surface area contributed by atoms with Gasteiger partial charge in [-0.2, -0.15) is 0 Å². The van der Waals surface area contributed by atoms with Crippen molar-refractivity contribution in [3.8, 4) is 0 Å². The highest BCUT2D eigenvalue weighted by molar-refractivity contribution is 7.20. The number of nitrogens with zero attached hydrogens (tertiary/aromatic N) is 2. The predicted molar refractivity (Wildman–Crippen MR) is 89.4 cm³/mol. The number of hydrogen-bond acceptors (Lipinski definition) is 5. The minimum absolute atomic E-state index is 0.00715. The lowest BCUT2D eigenvalue weighted by Crippen LogP contribution is -2.50. The number of hydrogen-bond donors (Lipinski definition) is 0. The minimum Gasteiger partial charge on any atom is -0.444 e. The maximum absolute atomic E-state index is 12.0. The van der Waals surface area contributed by atoms with Crippen molar-refractivity contribution in [2.75, 3.05) is 31.1 Å². The van der Waals surface area contributed by atoms with Gasteiger partial charge in [-0.1, -0.05) is 11.6 Å². The van der Waals surface area contributed by atoms with Crippen molar-refractivity contribution in [2.24, 2.45) is 0 Å². The summed E-state index contributed by atoms with van der Waals surface area (Å²) in [6.45, 7) is 9.57. The molecule has 1 saturated heterocycles. The molecule has 0 aromatic carbocycles. The van der Waals surface area contributed by atoms with E-state index in [-0.39, 0.29) is 11.9 Å². The Morgan fingerprint density at radius 1 is 1.23 bits per heavy atom. The Balaban J connectivity index is 2.01. The molecular weight excluding hydrogens is 324 g/mol. The van der Waals surface area contributed by atoms with Crippen LogP contribution < -0.4 is 4.90 Å². The smallest absolute Gasteiger partial charge is 0.410 e. The fraction of sp³-hybridized carbons (Fsp3) is 0.600. The van der Waals surface area contributed by atoms with Crippen molar-refractivity contribution in [1.82, 2.24) is 4.90 Å². The molecule has 7 heteroatoms. The van der Waals surface area contributed by atoms with Crippen molar-refractivity contribution < 1.29 is 14.3 Å². The molecule has 1 amide bonds. The van der Waals surface area contributed by atoms with Crippen LogP contribution in [-0.4, -0.2) is 48.6 Å². The highest BCUT2D eigenvalue weighted by Gasteiger charge is 2.28. The SMILES string of the molecule is CC(=O)c1cc(Cl)sc1N1CCN(C(=O)OC(C)(C)C)CC1. The van der Waals surface area contributed by atoms with Crippen LogP contribution in [0.5, 0.6) is 0 Å². The first-order valence-corrected chi connectivity index (χ1v) is 8.40. The zero-order valence-corrected chi connectivity index (χ0v) is 14.9. The summed E-state index contributed by atoms with van der Waals surface area (Å²) < 4.78 is 5.99. The lowest BCUT2D eigenvalue weighted by molar-refractivity contribution is 0.0240. The van der Waals surface area contributed by atoms with E-state index in [4.69, 9.17) is 16.3 Å². The fourth-order valence-corrected chi connectivity index (χ4v) is 3.57. The number of carbonyl (C=O) groups is 2. The fourth-order valence-electron chi connectivity index (χ4n) is 2.26. The number of ketones is 1. The van der Waals surface area contributed by atoms with Crippen LogP contribution in [0.15, 0.2) is 6.07 Å². The van der Waals surface area contributed by atoms with E-state index in [1.807, 2.05) is 20.8 Å². The third kappa shape index (κ3) is 4.14. The van der Waals surface area contributed by atoms with Gasteiger partial charge in [0.15, 0.2) is 5.78 Å². The lowest BCUT2D eigenvalue weighted by atomic mass is 10.2. The molecule has 1 aromatic rings. The molecule has 1 fully saturated rings. The van der Waals surface area contributed by atoms with Crippen LogP contribution in [0.2, 0.25) is 4.34 Å². The van der Waals surface area contributed by atoms with Gasteiger partial charge < -0.3 is 14.5 Å². The van der Waals surface area contributed by atoms with E-state index >= 15 is 0 Å². The Morgan fingerprint density at radius 3 is 2.32 bits per heavy atom. The van der Waals surface area contributed by atoms with Gasteiger partial charge in [-0.25, -0.2) is 4.79 Å². The maximum atomic E-state index is 12.0. The van der Waals surface area contributed by atoms with E-state index in [9.17, 15) is 9.59 Å². The van der Waals surface area contributed by atoms with Gasteiger partial charge in [0.2, 0.25) is 0 Å². The predicted octanol–water partition coefficient (Wildman–Crippen LogP) is 3.66. The molecule has 122 valence electrons. The molecule has 2 rings (SSSR count). The van der Waals surface area contributed by atoms with Crippen molar-refractivity contribution >= 4 is 39.8 Å². The Kier molecular flexibility index (Phi) is 5.02. The lowest BCUT2D eigenvalue weighted by Gasteiger charge is -2.36. The summed E-state index contributed by atoms with van der Waals surface area (Å²) in [5, 5.41) is 0.890. The summed E-state index contributed by atoms with van der Waals surface area (Å²) in [4.78, 5) is 27.5. The molecule has 5 nitrogen and oxygen atoms in total. The molecule has 1 aliphatic rings. The van der Waals surface area contributed by atoms with E-state index in [1.165, 1.54) is 11.3 Å². The van der Waals surface area contributed by atoms with E-state index in [1.54, 1.807) is 17.9 Å². The van der Waals surface area contributed by atoms with Crippen LogP contribution in [0.1, 0.15) is 38.1 Å². The van der Waals surface area contributed by atoms with Gasteiger partial charge in [0.05, 0.1) is 9.90 Å². The monoisotopic (exact) mass is 344 g/mol. The number of rotatable bonds is 2. The number of ether oxygens (including phenoxy) is 1. The van der Waals surface area contributed by atoms with E-state index in [2.05, 4.69) is 4.90 Å². The third-order valence-corrected chi connectivity index (χ3v) is 4.61.